The van der Waals surface area contributed by atoms with Gasteiger partial charge in [0.05, 0.1) is 5.75 Å². The smallest absolute Gasteiger partial charge is 0.236 e. The lowest BCUT2D eigenvalue weighted by molar-refractivity contribution is 0.221. The zero-order chi connectivity index (χ0) is 13.0. The molecule has 0 amide bonds. The predicted molar refractivity (Wildman–Crippen MR) is 74.0 cm³/mol. The highest BCUT2D eigenvalue weighted by Gasteiger charge is 2.11. The number of piperidine rings is 1. The third-order valence-electron chi connectivity index (χ3n) is 3.22. The van der Waals surface area contributed by atoms with Crippen molar-refractivity contribution in [1.29, 1.82) is 0 Å². The van der Waals surface area contributed by atoms with Crippen LogP contribution >= 0.6 is 10.7 Å². The summed E-state index contributed by atoms with van der Waals surface area (Å²) in [6.45, 7) is 3.28. The fraction of sp³-hybridized carbons (Fsp3) is 0.538. The lowest BCUT2D eigenvalue weighted by atomic mass is 10.1. The van der Waals surface area contributed by atoms with Crippen molar-refractivity contribution in [3.8, 4) is 0 Å². The van der Waals surface area contributed by atoms with Gasteiger partial charge in [-0.3, -0.25) is 4.90 Å². The van der Waals surface area contributed by atoms with E-state index in [0.29, 0.717) is 0 Å². The summed E-state index contributed by atoms with van der Waals surface area (Å²) in [5.74, 6) is -0.0987. The van der Waals surface area contributed by atoms with E-state index in [0.717, 1.165) is 25.2 Å². The summed E-state index contributed by atoms with van der Waals surface area (Å²) in [7, 11) is 1.77. The largest absolute Gasteiger partial charge is 0.299 e. The standard InChI is InChI=1S/C13H18ClNO2S/c14-18(16,17)11-13-6-4-12(5-7-13)10-15-8-2-1-3-9-15/h4-7H,1-3,8-11H2. The SMILES string of the molecule is O=S(=O)(Cl)Cc1ccc(CN2CCCCC2)cc1. The van der Waals surface area contributed by atoms with Gasteiger partial charge in [-0.2, -0.15) is 0 Å². The normalized spacial score (nSPS) is 17.8. The minimum atomic E-state index is -3.46. The fourth-order valence-corrected chi connectivity index (χ4v) is 3.28. The van der Waals surface area contributed by atoms with Crippen LogP contribution < -0.4 is 0 Å². The van der Waals surface area contributed by atoms with Crippen LogP contribution in [0.1, 0.15) is 30.4 Å². The van der Waals surface area contributed by atoms with Crippen molar-refractivity contribution in [1.82, 2.24) is 4.90 Å². The van der Waals surface area contributed by atoms with Crippen LogP contribution in [0.2, 0.25) is 0 Å². The maximum atomic E-state index is 11.0. The molecular weight excluding hydrogens is 270 g/mol. The van der Waals surface area contributed by atoms with Crippen molar-refractivity contribution in [3.63, 3.8) is 0 Å². The topological polar surface area (TPSA) is 37.4 Å². The van der Waals surface area contributed by atoms with E-state index in [2.05, 4.69) is 4.90 Å². The Bertz CT molecular complexity index is 478. The molecule has 0 atom stereocenters. The third-order valence-corrected chi connectivity index (χ3v) is 4.22. The van der Waals surface area contributed by atoms with Crippen LogP contribution in [0.15, 0.2) is 24.3 Å². The lowest BCUT2D eigenvalue weighted by Gasteiger charge is -2.26. The molecule has 1 aromatic rings. The molecule has 1 fully saturated rings. The van der Waals surface area contributed by atoms with Gasteiger partial charge >= 0.3 is 0 Å². The van der Waals surface area contributed by atoms with Gasteiger partial charge in [-0.25, -0.2) is 8.42 Å². The predicted octanol–water partition coefficient (Wildman–Crippen LogP) is 2.74. The summed E-state index contributed by atoms with van der Waals surface area (Å²) in [6, 6.07) is 7.68. The van der Waals surface area contributed by atoms with Gasteiger partial charge in [0, 0.05) is 17.2 Å². The Morgan fingerprint density at radius 2 is 1.56 bits per heavy atom. The van der Waals surface area contributed by atoms with Crippen molar-refractivity contribution >= 4 is 19.7 Å². The number of benzene rings is 1. The van der Waals surface area contributed by atoms with E-state index in [1.807, 2.05) is 24.3 Å². The third kappa shape index (κ3) is 4.59. The molecule has 0 radical (unpaired) electrons. The monoisotopic (exact) mass is 287 g/mol. The van der Waals surface area contributed by atoms with E-state index < -0.39 is 9.05 Å². The Labute approximate surface area is 113 Å². The molecule has 2 rings (SSSR count). The fourth-order valence-electron chi connectivity index (χ4n) is 2.32. The highest BCUT2D eigenvalue weighted by Crippen LogP contribution is 2.15. The first-order valence-electron chi connectivity index (χ1n) is 6.25. The summed E-state index contributed by atoms with van der Waals surface area (Å²) >= 11 is 0. The number of hydrogen-bond donors (Lipinski definition) is 0. The Morgan fingerprint density at radius 3 is 2.11 bits per heavy atom. The minimum Gasteiger partial charge on any atom is -0.299 e. The summed E-state index contributed by atoms with van der Waals surface area (Å²) in [4.78, 5) is 2.44. The molecule has 0 spiro atoms. The van der Waals surface area contributed by atoms with E-state index in [9.17, 15) is 8.42 Å². The highest BCUT2D eigenvalue weighted by atomic mass is 35.7. The zero-order valence-electron chi connectivity index (χ0n) is 10.3. The van der Waals surface area contributed by atoms with E-state index in [1.165, 1.54) is 24.8 Å². The maximum absolute atomic E-state index is 11.0. The molecule has 5 heteroatoms. The molecule has 0 unspecified atom stereocenters. The molecule has 1 aromatic carbocycles. The molecule has 18 heavy (non-hydrogen) atoms. The first kappa shape index (κ1) is 13.8. The number of halogens is 1. The Hall–Kier alpha value is -0.580. The van der Waals surface area contributed by atoms with Gasteiger partial charge in [0.25, 0.3) is 0 Å². The molecular formula is C13H18ClNO2S. The molecule has 100 valence electrons. The molecule has 1 heterocycles. The van der Waals surface area contributed by atoms with Crippen molar-refractivity contribution in [2.75, 3.05) is 13.1 Å². The van der Waals surface area contributed by atoms with E-state index in [-0.39, 0.29) is 5.75 Å². The lowest BCUT2D eigenvalue weighted by Crippen LogP contribution is -2.29. The van der Waals surface area contributed by atoms with Crippen LogP contribution in [0.4, 0.5) is 0 Å². The van der Waals surface area contributed by atoms with Crippen LogP contribution in [-0.4, -0.2) is 26.4 Å². The van der Waals surface area contributed by atoms with E-state index >= 15 is 0 Å². The highest BCUT2D eigenvalue weighted by molar-refractivity contribution is 8.13. The quantitative estimate of drug-likeness (QED) is 0.799. The average Bonchev–Trinajstić information content (AvgIpc) is 2.31. The van der Waals surface area contributed by atoms with Crippen LogP contribution in [0.5, 0.6) is 0 Å². The number of nitrogens with zero attached hydrogens (tertiary/aromatic N) is 1. The second-order valence-corrected chi connectivity index (χ2v) is 7.61. The van der Waals surface area contributed by atoms with E-state index in [1.54, 1.807) is 0 Å². The van der Waals surface area contributed by atoms with Crippen molar-refractivity contribution < 1.29 is 8.42 Å². The van der Waals surface area contributed by atoms with Gasteiger partial charge in [0.15, 0.2) is 0 Å². The zero-order valence-corrected chi connectivity index (χ0v) is 11.9. The van der Waals surface area contributed by atoms with Gasteiger partial charge in [-0.1, -0.05) is 30.7 Å². The van der Waals surface area contributed by atoms with Crippen molar-refractivity contribution in [3.05, 3.63) is 35.4 Å². The molecule has 0 aromatic heterocycles. The molecule has 0 aliphatic carbocycles. The first-order chi connectivity index (χ1) is 8.53. The van der Waals surface area contributed by atoms with Crippen LogP contribution in [-0.2, 0) is 21.3 Å². The van der Waals surface area contributed by atoms with Crippen LogP contribution in [0.3, 0.4) is 0 Å². The summed E-state index contributed by atoms with van der Waals surface area (Å²) in [5.41, 5.74) is 1.97. The first-order valence-corrected chi connectivity index (χ1v) is 8.73. The molecule has 1 aliphatic rings. The molecule has 1 aliphatic heterocycles. The van der Waals surface area contributed by atoms with Gasteiger partial charge in [-0.05, 0) is 37.1 Å². The summed E-state index contributed by atoms with van der Waals surface area (Å²) in [5, 5.41) is 0. The summed E-state index contributed by atoms with van der Waals surface area (Å²) < 4.78 is 21.9. The number of likely N-dealkylation sites (tertiary alicyclic amines) is 1. The second kappa shape index (κ2) is 6.04. The Morgan fingerprint density at radius 1 is 1.00 bits per heavy atom. The maximum Gasteiger partial charge on any atom is 0.236 e. The van der Waals surface area contributed by atoms with Crippen molar-refractivity contribution in [2.45, 2.75) is 31.6 Å². The molecule has 0 bridgehead atoms. The average molecular weight is 288 g/mol. The molecule has 3 nitrogen and oxygen atoms in total. The summed E-state index contributed by atoms with van der Waals surface area (Å²) in [6.07, 6.45) is 3.90. The molecule has 0 saturated carbocycles. The van der Waals surface area contributed by atoms with Gasteiger partial charge in [0.1, 0.15) is 0 Å². The van der Waals surface area contributed by atoms with Crippen LogP contribution in [0, 0.1) is 0 Å². The molecule has 1 saturated heterocycles. The Kier molecular flexibility index (Phi) is 4.65. The number of hydrogen-bond acceptors (Lipinski definition) is 3. The van der Waals surface area contributed by atoms with Crippen molar-refractivity contribution in [2.24, 2.45) is 0 Å². The van der Waals surface area contributed by atoms with E-state index in [4.69, 9.17) is 10.7 Å². The Balaban J connectivity index is 1.94. The van der Waals surface area contributed by atoms with Gasteiger partial charge < -0.3 is 0 Å². The minimum absolute atomic E-state index is 0.0987. The number of rotatable bonds is 4. The molecule has 0 N–H and O–H groups in total. The van der Waals surface area contributed by atoms with Gasteiger partial charge in [-0.15, -0.1) is 0 Å². The second-order valence-electron chi connectivity index (χ2n) is 4.84. The van der Waals surface area contributed by atoms with Crippen LogP contribution in [0.25, 0.3) is 0 Å². The van der Waals surface area contributed by atoms with Gasteiger partial charge in [0.2, 0.25) is 9.05 Å².